The summed E-state index contributed by atoms with van der Waals surface area (Å²) in [6.07, 6.45) is 0.961. The maximum Gasteiger partial charge on any atom is 0.323 e. The highest BCUT2D eigenvalue weighted by molar-refractivity contribution is 5.75. The third-order valence-electron chi connectivity index (χ3n) is 3.09. The van der Waals surface area contributed by atoms with Gasteiger partial charge < -0.3 is 10.0 Å². The number of carboxylic acids is 1. The first-order valence-electron chi connectivity index (χ1n) is 5.67. The predicted octanol–water partition coefficient (Wildman–Crippen LogP) is 2.26. The molecule has 0 aliphatic carbocycles. The van der Waals surface area contributed by atoms with Gasteiger partial charge in [0.1, 0.15) is 6.54 Å². The molecule has 1 N–H and O–H groups in total. The Balaban J connectivity index is 2.25. The van der Waals surface area contributed by atoms with Crippen LogP contribution in [0.15, 0.2) is 18.2 Å². The summed E-state index contributed by atoms with van der Waals surface area (Å²) in [7, 11) is 0. The van der Waals surface area contributed by atoms with Crippen LogP contribution in [0.4, 0.5) is 5.69 Å². The Morgan fingerprint density at radius 2 is 2.25 bits per heavy atom. The number of benzene rings is 1. The molecular weight excluding hydrogens is 202 g/mol. The summed E-state index contributed by atoms with van der Waals surface area (Å²) < 4.78 is 0. The molecule has 0 spiro atoms. The quantitative estimate of drug-likeness (QED) is 0.847. The van der Waals surface area contributed by atoms with Crippen molar-refractivity contribution in [3.8, 4) is 0 Å². The highest BCUT2D eigenvalue weighted by Gasteiger charge is 2.21. The Hall–Kier alpha value is -1.51. The van der Waals surface area contributed by atoms with E-state index in [1.54, 1.807) is 0 Å². The van der Waals surface area contributed by atoms with Gasteiger partial charge in [-0.05, 0) is 29.5 Å². The molecule has 0 bridgehead atoms. The number of fused-ring (bicyclic) bond motifs is 1. The van der Waals surface area contributed by atoms with Crippen LogP contribution in [0.5, 0.6) is 0 Å². The first kappa shape index (κ1) is 11.0. The molecule has 0 fully saturated rings. The molecule has 0 amide bonds. The fraction of sp³-hybridized carbons (Fsp3) is 0.462. The molecule has 0 atom stereocenters. The van der Waals surface area contributed by atoms with E-state index in [9.17, 15) is 4.79 Å². The highest BCUT2D eigenvalue weighted by atomic mass is 16.4. The SMILES string of the molecule is CC(C)c1ccc2c(c1)CCN2CC(=O)O. The molecular formula is C13H17NO2. The minimum absolute atomic E-state index is 0.105. The lowest BCUT2D eigenvalue weighted by atomic mass is 10.00. The molecule has 1 aliphatic heterocycles. The van der Waals surface area contributed by atoms with Gasteiger partial charge in [0.15, 0.2) is 0 Å². The Morgan fingerprint density at radius 3 is 2.88 bits per heavy atom. The molecule has 3 heteroatoms. The molecule has 1 aliphatic rings. The van der Waals surface area contributed by atoms with Crippen LogP contribution >= 0.6 is 0 Å². The molecule has 0 aromatic heterocycles. The van der Waals surface area contributed by atoms with Gasteiger partial charge in [-0.3, -0.25) is 4.79 Å². The van der Waals surface area contributed by atoms with E-state index in [1.165, 1.54) is 11.1 Å². The molecule has 0 radical (unpaired) electrons. The van der Waals surface area contributed by atoms with Gasteiger partial charge in [0.2, 0.25) is 0 Å². The van der Waals surface area contributed by atoms with E-state index >= 15 is 0 Å². The monoisotopic (exact) mass is 219 g/mol. The lowest BCUT2D eigenvalue weighted by Crippen LogP contribution is -2.27. The Labute approximate surface area is 95.7 Å². The first-order valence-corrected chi connectivity index (χ1v) is 5.67. The summed E-state index contributed by atoms with van der Waals surface area (Å²) in [5.41, 5.74) is 3.70. The number of carboxylic acid groups (broad SMARTS) is 1. The third kappa shape index (κ3) is 2.03. The lowest BCUT2D eigenvalue weighted by molar-refractivity contribution is -0.135. The average Bonchev–Trinajstić information content (AvgIpc) is 2.60. The van der Waals surface area contributed by atoms with Crippen LogP contribution < -0.4 is 4.90 Å². The van der Waals surface area contributed by atoms with Crippen molar-refractivity contribution in [1.29, 1.82) is 0 Å². The standard InChI is InChI=1S/C13H17NO2/c1-9(2)10-3-4-12-11(7-10)5-6-14(12)8-13(15)16/h3-4,7,9H,5-6,8H2,1-2H3,(H,15,16). The second-order valence-electron chi connectivity index (χ2n) is 4.61. The van der Waals surface area contributed by atoms with Crippen LogP contribution in [0.25, 0.3) is 0 Å². The molecule has 0 saturated carbocycles. The van der Waals surface area contributed by atoms with Gasteiger partial charge in [0, 0.05) is 12.2 Å². The van der Waals surface area contributed by atoms with Gasteiger partial charge in [-0.2, -0.15) is 0 Å². The van der Waals surface area contributed by atoms with Crippen LogP contribution in [-0.2, 0) is 11.2 Å². The summed E-state index contributed by atoms with van der Waals surface area (Å²) in [4.78, 5) is 12.6. The van der Waals surface area contributed by atoms with E-state index in [0.29, 0.717) is 5.92 Å². The maximum atomic E-state index is 10.7. The number of rotatable bonds is 3. The summed E-state index contributed by atoms with van der Waals surface area (Å²) in [5, 5.41) is 8.80. The maximum absolute atomic E-state index is 10.7. The molecule has 0 saturated heterocycles. The predicted molar refractivity (Wildman–Crippen MR) is 64.1 cm³/mol. The van der Waals surface area contributed by atoms with E-state index in [2.05, 4.69) is 32.0 Å². The molecule has 1 aromatic rings. The molecule has 1 aromatic carbocycles. The smallest absolute Gasteiger partial charge is 0.323 e. The largest absolute Gasteiger partial charge is 0.480 e. The summed E-state index contributed by atoms with van der Waals surface area (Å²) in [6.45, 7) is 5.27. The summed E-state index contributed by atoms with van der Waals surface area (Å²) >= 11 is 0. The van der Waals surface area contributed by atoms with Gasteiger partial charge in [-0.1, -0.05) is 26.0 Å². The van der Waals surface area contributed by atoms with Crippen molar-refractivity contribution in [2.24, 2.45) is 0 Å². The highest BCUT2D eigenvalue weighted by Crippen LogP contribution is 2.30. The lowest BCUT2D eigenvalue weighted by Gasteiger charge is -2.17. The van der Waals surface area contributed by atoms with Gasteiger partial charge in [-0.15, -0.1) is 0 Å². The second-order valence-corrected chi connectivity index (χ2v) is 4.61. The van der Waals surface area contributed by atoms with E-state index in [4.69, 9.17) is 5.11 Å². The topological polar surface area (TPSA) is 40.5 Å². The van der Waals surface area contributed by atoms with Crippen molar-refractivity contribution in [3.63, 3.8) is 0 Å². The van der Waals surface area contributed by atoms with E-state index < -0.39 is 5.97 Å². The molecule has 1 heterocycles. The number of carbonyl (C=O) groups is 1. The molecule has 2 rings (SSSR count). The van der Waals surface area contributed by atoms with Crippen molar-refractivity contribution in [2.75, 3.05) is 18.0 Å². The zero-order valence-corrected chi connectivity index (χ0v) is 9.73. The van der Waals surface area contributed by atoms with E-state index in [1.807, 2.05) is 4.90 Å². The van der Waals surface area contributed by atoms with Crippen molar-refractivity contribution >= 4 is 11.7 Å². The second kappa shape index (κ2) is 4.16. The molecule has 86 valence electrons. The van der Waals surface area contributed by atoms with E-state index in [0.717, 1.165) is 18.7 Å². The Morgan fingerprint density at radius 1 is 1.50 bits per heavy atom. The normalized spacial score (nSPS) is 14.3. The van der Waals surface area contributed by atoms with Crippen molar-refractivity contribution in [2.45, 2.75) is 26.2 Å². The third-order valence-corrected chi connectivity index (χ3v) is 3.09. The van der Waals surface area contributed by atoms with Crippen molar-refractivity contribution < 1.29 is 9.90 Å². The molecule has 0 unspecified atom stereocenters. The zero-order valence-electron chi connectivity index (χ0n) is 9.73. The number of hydrogen-bond acceptors (Lipinski definition) is 2. The van der Waals surface area contributed by atoms with Crippen LogP contribution in [0.3, 0.4) is 0 Å². The Kier molecular flexibility index (Phi) is 2.86. The number of aliphatic carboxylic acids is 1. The van der Waals surface area contributed by atoms with Crippen LogP contribution in [0.2, 0.25) is 0 Å². The number of nitrogens with zero attached hydrogens (tertiary/aromatic N) is 1. The number of hydrogen-bond donors (Lipinski definition) is 1. The zero-order chi connectivity index (χ0) is 11.7. The number of anilines is 1. The fourth-order valence-corrected chi connectivity index (χ4v) is 2.18. The van der Waals surface area contributed by atoms with Gasteiger partial charge in [0.05, 0.1) is 0 Å². The van der Waals surface area contributed by atoms with E-state index in [-0.39, 0.29) is 6.54 Å². The van der Waals surface area contributed by atoms with Crippen LogP contribution in [0.1, 0.15) is 30.9 Å². The molecule has 3 nitrogen and oxygen atoms in total. The minimum Gasteiger partial charge on any atom is -0.480 e. The Bertz CT molecular complexity index is 412. The van der Waals surface area contributed by atoms with Gasteiger partial charge in [0.25, 0.3) is 0 Å². The summed E-state index contributed by atoms with van der Waals surface area (Å²) in [6, 6.07) is 6.37. The van der Waals surface area contributed by atoms with Crippen LogP contribution in [-0.4, -0.2) is 24.2 Å². The molecule has 16 heavy (non-hydrogen) atoms. The van der Waals surface area contributed by atoms with Crippen molar-refractivity contribution in [3.05, 3.63) is 29.3 Å². The van der Waals surface area contributed by atoms with Gasteiger partial charge >= 0.3 is 5.97 Å². The average molecular weight is 219 g/mol. The van der Waals surface area contributed by atoms with Crippen molar-refractivity contribution in [1.82, 2.24) is 0 Å². The van der Waals surface area contributed by atoms with Crippen LogP contribution in [0, 0.1) is 0 Å². The fourth-order valence-electron chi connectivity index (χ4n) is 2.18. The summed E-state index contributed by atoms with van der Waals surface area (Å²) in [5.74, 6) is -0.236. The first-order chi connectivity index (χ1) is 7.58. The van der Waals surface area contributed by atoms with Gasteiger partial charge in [-0.25, -0.2) is 0 Å². The minimum atomic E-state index is -0.763.